The molecule has 0 spiro atoms. The van der Waals surface area contributed by atoms with Crippen molar-refractivity contribution < 1.29 is 14.3 Å². The Morgan fingerprint density at radius 1 is 1.42 bits per heavy atom. The van der Waals surface area contributed by atoms with Gasteiger partial charge in [0.05, 0.1) is 13.0 Å². The standard InChI is InChI=1S/C14H22N2O3/c1-5-18-12-7-6-10(9-16-12)11(15)8-13(17)19-14(2,3)4/h6-7,9,11H,5,8,15H2,1-4H3/t11-/m1/s1. The second-order valence-corrected chi connectivity index (χ2v) is 5.26. The molecule has 106 valence electrons. The van der Waals surface area contributed by atoms with Crippen molar-refractivity contribution in [2.45, 2.75) is 45.8 Å². The third kappa shape index (κ3) is 5.70. The van der Waals surface area contributed by atoms with Crippen LogP contribution in [0.5, 0.6) is 5.88 Å². The van der Waals surface area contributed by atoms with Gasteiger partial charge < -0.3 is 15.2 Å². The van der Waals surface area contributed by atoms with Gasteiger partial charge in [0, 0.05) is 18.3 Å². The van der Waals surface area contributed by atoms with Crippen molar-refractivity contribution >= 4 is 5.97 Å². The Morgan fingerprint density at radius 2 is 2.11 bits per heavy atom. The highest BCUT2D eigenvalue weighted by Gasteiger charge is 2.19. The molecule has 0 saturated carbocycles. The lowest BCUT2D eigenvalue weighted by molar-refractivity contribution is -0.155. The van der Waals surface area contributed by atoms with Gasteiger partial charge in [0.1, 0.15) is 5.60 Å². The number of esters is 1. The predicted molar refractivity (Wildman–Crippen MR) is 72.8 cm³/mol. The van der Waals surface area contributed by atoms with E-state index in [9.17, 15) is 4.79 Å². The van der Waals surface area contributed by atoms with Crippen LogP contribution in [0.3, 0.4) is 0 Å². The molecule has 0 aliphatic rings. The highest BCUT2D eigenvalue weighted by molar-refractivity contribution is 5.70. The molecule has 1 aromatic heterocycles. The Hall–Kier alpha value is -1.62. The van der Waals surface area contributed by atoms with Gasteiger partial charge in [-0.15, -0.1) is 0 Å². The van der Waals surface area contributed by atoms with E-state index in [4.69, 9.17) is 15.2 Å². The highest BCUT2D eigenvalue weighted by atomic mass is 16.6. The summed E-state index contributed by atoms with van der Waals surface area (Å²) in [6.45, 7) is 7.94. The fourth-order valence-electron chi connectivity index (χ4n) is 1.52. The fourth-order valence-corrected chi connectivity index (χ4v) is 1.52. The maximum atomic E-state index is 11.7. The zero-order valence-electron chi connectivity index (χ0n) is 12.0. The molecule has 19 heavy (non-hydrogen) atoms. The molecule has 0 radical (unpaired) electrons. The molecule has 0 unspecified atom stereocenters. The molecule has 1 aromatic rings. The van der Waals surface area contributed by atoms with E-state index in [1.165, 1.54) is 0 Å². The smallest absolute Gasteiger partial charge is 0.308 e. The fraction of sp³-hybridized carbons (Fsp3) is 0.571. The van der Waals surface area contributed by atoms with E-state index >= 15 is 0 Å². The van der Waals surface area contributed by atoms with E-state index in [1.54, 1.807) is 12.3 Å². The minimum Gasteiger partial charge on any atom is -0.478 e. The van der Waals surface area contributed by atoms with Crippen LogP contribution in [0.15, 0.2) is 18.3 Å². The SMILES string of the molecule is CCOc1ccc([C@H](N)CC(=O)OC(C)(C)C)cn1. The predicted octanol–water partition coefficient (Wildman–Crippen LogP) is 2.21. The third-order valence-electron chi connectivity index (χ3n) is 2.29. The summed E-state index contributed by atoms with van der Waals surface area (Å²) in [5.41, 5.74) is 6.25. The van der Waals surface area contributed by atoms with Crippen LogP contribution in [-0.4, -0.2) is 23.2 Å². The Kier molecular flexibility index (Phi) is 5.30. The molecule has 0 aliphatic carbocycles. The molecule has 0 bridgehead atoms. The van der Waals surface area contributed by atoms with Gasteiger partial charge in [-0.25, -0.2) is 4.98 Å². The average Bonchev–Trinajstić information content (AvgIpc) is 2.27. The van der Waals surface area contributed by atoms with E-state index < -0.39 is 11.6 Å². The van der Waals surface area contributed by atoms with Gasteiger partial charge in [-0.05, 0) is 33.3 Å². The van der Waals surface area contributed by atoms with Gasteiger partial charge in [0.15, 0.2) is 0 Å². The number of rotatable bonds is 5. The number of carbonyl (C=O) groups is 1. The summed E-state index contributed by atoms with van der Waals surface area (Å²) in [5.74, 6) is 0.240. The van der Waals surface area contributed by atoms with Crippen LogP contribution in [0.25, 0.3) is 0 Å². The molecule has 5 heteroatoms. The third-order valence-corrected chi connectivity index (χ3v) is 2.29. The van der Waals surface area contributed by atoms with Crippen LogP contribution in [-0.2, 0) is 9.53 Å². The quantitative estimate of drug-likeness (QED) is 0.827. The molecule has 5 nitrogen and oxygen atoms in total. The van der Waals surface area contributed by atoms with Crippen LogP contribution in [0.4, 0.5) is 0 Å². The van der Waals surface area contributed by atoms with Crippen molar-refractivity contribution in [2.75, 3.05) is 6.61 Å². The first-order valence-electron chi connectivity index (χ1n) is 6.38. The lowest BCUT2D eigenvalue weighted by atomic mass is 10.1. The Bertz CT molecular complexity index is 410. The second kappa shape index (κ2) is 6.52. The Balaban J connectivity index is 2.57. The Labute approximate surface area is 114 Å². The molecule has 0 saturated heterocycles. The maximum Gasteiger partial charge on any atom is 0.308 e. The molecule has 0 aromatic carbocycles. The number of pyridine rings is 1. The molecule has 1 atom stereocenters. The molecule has 2 N–H and O–H groups in total. The van der Waals surface area contributed by atoms with E-state index in [1.807, 2.05) is 33.8 Å². The minimum atomic E-state index is -0.492. The van der Waals surface area contributed by atoms with Gasteiger partial charge >= 0.3 is 5.97 Å². The number of aromatic nitrogens is 1. The lowest BCUT2D eigenvalue weighted by Gasteiger charge is -2.21. The van der Waals surface area contributed by atoms with E-state index in [0.29, 0.717) is 12.5 Å². The topological polar surface area (TPSA) is 74.4 Å². The van der Waals surface area contributed by atoms with Crippen LogP contribution in [0, 0.1) is 0 Å². The summed E-state index contributed by atoms with van der Waals surface area (Å²) >= 11 is 0. The summed E-state index contributed by atoms with van der Waals surface area (Å²) in [6, 6.07) is 3.14. The van der Waals surface area contributed by atoms with E-state index in [0.717, 1.165) is 5.56 Å². The molecule has 1 rings (SSSR count). The van der Waals surface area contributed by atoms with Crippen molar-refractivity contribution in [1.82, 2.24) is 4.98 Å². The van der Waals surface area contributed by atoms with Gasteiger partial charge in [0.25, 0.3) is 0 Å². The van der Waals surface area contributed by atoms with Crippen molar-refractivity contribution in [3.8, 4) is 5.88 Å². The molecular formula is C14H22N2O3. The zero-order chi connectivity index (χ0) is 14.5. The number of hydrogen-bond acceptors (Lipinski definition) is 5. The largest absolute Gasteiger partial charge is 0.478 e. The molecule has 1 heterocycles. The summed E-state index contributed by atoms with van der Waals surface area (Å²) in [5, 5.41) is 0. The van der Waals surface area contributed by atoms with Crippen LogP contribution < -0.4 is 10.5 Å². The second-order valence-electron chi connectivity index (χ2n) is 5.26. The minimum absolute atomic E-state index is 0.132. The zero-order valence-corrected chi connectivity index (χ0v) is 12.0. The van der Waals surface area contributed by atoms with Gasteiger partial charge in [-0.3, -0.25) is 4.79 Å². The first kappa shape index (κ1) is 15.4. The van der Waals surface area contributed by atoms with Crippen molar-refractivity contribution in [1.29, 1.82) is 0 Å². The highest BCUT2D eigenvalue weighted by Crippen LogP contribution is 2.18. The van der Waals surface area contributed by atoms with Crippen molar-refractivity contribution in [2.24, 2.45) is 5.73 Å². The number of nitrogens with zero attached hydrogens (tertiary/aromatic N) is 1. The van der Waals surface area contributed by atoms with Gasteiger partial charge in [-0.1, -0.05) is 6.07 Å². The lowest BCUT2D eigenvalue weighted by Crippen LogP contribution is -2.26. The summed E-state index contributed by atoms with van der Waals surface area (Å²) in [7, 11) is 0. The maximum absolute atomic E-state index is 11.7. The van der Waals surface area contributed by atoms with Gasteiger partial charge in [-0.2, -0.15) is 0 Å². The monoisotopic (exact) mass is 266 g/mol. The number of carbonyl (C=O) groups excluding carboxylic acids is 1. The molecule has 0 aliphatic heterocycles. The summed E-state index contributed by atoms with van der Waals surface area (Å²) in [6.07, 6.45) is 1.76. The normalized spacial score (nSPS) is 12.9. The molecular weight excluding hydrogens is 244 g/mol. The first-order valence-corrected chi connectivity index (χ1v) is 6.38. The van der Waals surface area contributed by atoms with Crippen molar-refractivity contribution in [3.05, 3.63) is 23.9 Å². The first-order chi connectivity index (χ1) is 8.81. The van der Waals surface area contributed by atoms with E-state index in [2.05, 4.69) is 4.98 Å². The van der Waals surface area contributed by atoms with E-state index in [-0.39, 0.29) is 12.4 Å². The molecule has 0 fully saturated rings. The van der Waals surface area contributed by atoms with Crippen molar-refractivity contribution in [3.63, 3.8) is 0 Å². The van der Waals surface area contributed by atoms with Crippen LogP contribution in [0.1, 0.15) is 45.7 Å². The van der Waals surface area contributed by atoms with Crippen LogP contribution >= 0.6 is 0 Å². The molecule has 0 amide bonds. The summed E-state index contributed by atoms with van der Waals surface area (Å²) < 4.78 is 10.5. The number of hydrogen-bond donors (Lipinski definition) is 1. The number of ether oxygens (including phenoxy) is 2. The average molecular weight is 266 g/mol. The Morgan fingerprint density at radius 3 is 2.58 bits per heavy atom. The number of nitrogens with two attached hydrogens (primary N) is 1. The summed E-state index contributed by atoms with van der Waals surface area (Å²) in [4.78, 5) is 15.8. The van der Waals surface area contributed by atoms with Crippen LogP contribution in [0.2, 0.25) is 0 Å². The van der Waals surface area contributed by atoms with Gasteiger partial charge in [0.2, 0.25) is 5.88 Å².